The Morgan fingerprint density at radius 3 is 2.31 bits per heavy atom. The molecule has 0 unspecified atom stereocenters. The Hall–Kier alpha value is -2.37. The number of ether oxygens (including phenoxy) is 2. The zero-order valence-corrected chi connectivity index (χ0v) is 16.1. The fourth-order valence-electron chi connectivity index (χ4n) is 2.12. The molecule has 0 fully saturated rings. The molecule has 0 aliphatic carbocycles. The first-order chi connectivity index (χ1) is 12.2. The van der Waals surface area contributed by atoms with Gasteiger partial charge >= 0.3 is 12.1 Å². The van der Waals surface area contributed by atoms with Crippen LogP contribution in [-0.2, 0) is 20.7 Å². The number of carbonyl (C=O) groups is 3. The van der Waals surface area contributed by atoms with Crippen LogP contribution in [0.15, 0.2) is 24.3 Å². The van der Waals surface area contributed by atoms with Crippen LogP contribution in [0.4, 0.5) is 4.79 Å². The molecule has 0 atom stereocenters. The lowest BCUT2D eigenvalue weighted by Crippen LogP contribution is -2.33. The summed E-state index contributed by atoms with van der Waals surface area (Å²) in [6, 6.07) is 7.36. The summed E-state index contributed by atoms with van der Waals surface area (Å²) in [4.78, 5) is 35.1. The van der Waals surface area contributed by atoms with E-state index < -0.39 is 17.7 Å². The highest BCUT2D eigenvalue weighted by Gasteiger charge is 2.16. The van der Waals surface area contributed by atoms with Gasteiger partial charge in [0.05, 0.1) is 6.42 Å². The van der Waals surface area contributed by atoms with Gasteiger partial charge in [0.15, 0.2) is 12.4 Å². The van der Waals surface area contributed by atoms with Crippen LogP contribution in [0, 0.1) is 0 Å². The highest BCUT2D eigenvalue weighted by Crippen LogP contribution is 2.09. The molecule has 0 heterocycles. The molecule has 1 aromatic carbocycles. The van der Waals surface area contributed by atoms with E-state index in [2.05, 4.69) is 12.2 Å². The molecule has 0 aromatic heterocycles. The van der Waals surface area contributed by atoms with E-state index in [1.165, 1.54) is 5.56 Å². The lowest BCUT2D eigenvalue weighted by atomic mass is 10.0. The minimum Gasteiger partial charge on any atom is -0.457 e. The maximum Gasteiger partial charge on any atom is 0.407 e. The van der Waals surface area contributed by atoms with Crippen LogP contribution in [-0.4, -0.2) is 36.6 Å². The second-order valence-electron chi connectivity index (χ2n) is 7.06. The molecule has 0 spiro atoms. The summed E-state index contributed by atoms with van der Waals surface area (Å²) in [5, 5.41) is 2.47. The SMILES string of the molecule is CCCCc1ccc(C(=O)COC(=O)CCNC(=O)OC(C)(C)C)cc1. The van der Waals surface area contributed by atoms with E-state index in [-0.39, 0.29) is 25.4 Å². The van der Waals surface area contributed by atoms with Gasteiger partial charge in [0.25, 0.3) is 0 Å². The maximum atomic E-state index is 12.0. The molecule has 6 nitrogen and oxygen atoms in total. The van der Waals surface area contributed by atoms with Crippen molar-refractivity contribution in [2.75, 3.05) is 13.2 Å². The Morgan fingerprint density at radius 2 is 1.73 bits per heavy atom. The zero-order chi connectivity index (χ0) is 19.6. The molecule has 0 saturated heterocycles. The molecule has 0 aliphatic rings. The van der Waals surface area contributed by atoms with Crippen molar-refractivity contribution >= 4 is 17.8 Å². The molecule has 1 N–H and O–H groups in total. The van der Waals surface area contributed by atoms with Gasteiger partial charge in [0.2, 0.25) is 0 Å². The minimum atomic E-state index is -0.594. The van der Waals surface area contributed by atoms with Gasteiger partial charge in [-0.15, -0.1) is 0 Å². The largest absolute Gasteiger partial charge is 0.457 e. The first kappa shape index (κ1) is 21.7. The van der Waals surface area contributed by atoms with Crippen molar-refractivity contribution in [3.8, 4) is 0 Å². The topological polar surface area (TPSA) is 81.7 Å². The number of nitrogens with one attached hydrogen (secondary N) is 1. The Bertz CT molecular complexity index is 602. The minimum absolute atomic E-state index is 0.0253. The van der Waals surface area contributed by atoms with Crippen LogP contribution < -0.4 is 5.32 Å². The van der Waals surface area contributed by atoms with E-state index in [0.717, 1.165) is 19.3 Å². The summed E-state index contributed by atoms with van der Waals surface area (Å²) in [5.41, 5.74) is 1.11. The number of hydrogen-bond donors (Lipinski definition) is 1. The third-order valence-corrected chi connectivity index (χ3v) is 3.46. The predicted molar refractivity (Wildman–Crippen MR) is 99.2 cm³/mol. The Kier molecular flexibility index (Phi) is 8.82. The van der Waals surface area contributed by atoms with E-state index in [1.807, 2.05) is 12.1 Å². The van der Waals surface area contributed by atoms with Crippen molar-refractivity contribution in [2.45, 2.75) is 59.0 Å². The molecule has 26 heavy (non-hydrogen) atoms. The molecule has 1 aromatic rings. The highest BCUT2D eigenvalue weighted by atomic mass is 16.6. The van der Waals surface area contributed by atoms with Crippen LogP contribution in [0.25, 0.3) is 0 Å². The fourth-order valence-corrected chi connectivity index (χ4v) is 2.12. The average Bonchev–Trinajstić information content (AvgIpc) is 2.56. The van der Waals surface area contributed by atoms with Gasteiger partial charge in [-0.1, -0.05) is 37.6 Å². The number of amides is 1. The molecule has 0 bridgehead atoms. The number of Topliss-reactive ketones (excluding diaryl/α,β-unsaturated/α-hetero) is 1. The average molecular weight is 363 g/mol. The second-order valence-corrected chi connectivity index (χ2v) is 7.06. The number of esters is 1. The number of ketones is 1. The number of alkyl carbamates (subject to hydrolysis) is 1. The van der Waals surface area contributed by atoms with Crippen LogP contribution in [0.2, 0.25) is 0 Å². The number of rotatable bonds is 9. The molecule has 0 radical (unpaired) electrons. The number of aryl methyl sites for hydroxylation is 1. The van der Waals surface area contributed by atoms with Crippen molar-refractivity contribution in [2.24, 2.45) is 0 Å². The quantitative estimate of drug-likeness (QED) is 0.535. The summed E-state index contributed by atoms with van der Waals surface area (Å²) in [6.07, 6.45) is 2.61. The first-order valence-electron chi connectivity index (χ1n) is 8.96. The zero-order valence-electron chi connectivity index (χ0n) is 16.1. The van der Waals surface area contributed by atoms with Crippen molar-refractivity contribution in [3.05, 3.63) is 35.4 Å². The van der Waals surface area contributed by atoms with E-state index in [9.17, 15) is 14.4 Å². The molecule has 0 aliphatic heterocycles. The third kappa shape index (κ3) is 9.20. The summed E-state index contributed by atoms with van der Waals surface area (Å²) in [5.74, 6) is -0.797. The van der Waals surface area contributed by atoms with Crippen LogP contribution in [0.1, 0.15) is 62.9 Å². The van der Waals surface area contributed by atoms with Gasteiger partial charge in [-0.3, -0.25) is 9.59 Å². The van der Waals surface area contributed by atoms with Gasteiger partial charge in [-0.05, 0) is 39.2 Å². The lowest BCUT2D eigenvalue weighted by molar-refractivity contribution is -0.142. The Morgan fingerprint density at radius 1 is 1.08 bits per heavy atom. The van der Waals surface area contributed by atoms with Crippen LogP contribution >= 0.6 is 0 Å². The van der Waals surface area contributed by atoms with Crippen molar-refractivity contribution in [1.29, 1.82) is 0 Å². The summed E-state index contributed by atoms with van der Waals surface area (Å²) < 4.78 is 10.0. The third-order valence-electron chi connectivity index (χ3n) is 3.46. The standard InChI is InChI=1S/C20H29NO5/c1-5-6-7-15-8-10-16(11-9-15)17(22)14-25-18(23)12-13-21-19(24)26-20(2,3)4/h8-11H,5-7,12-14H2,1-4H3,(H,21,24). The van der Waals surface area contributed by atoms with Gasteiger partial charge in [-0.2, -0.15) is 0 Å². The number of unbranched alkanes of at least 4 members (excludes halogenated alkanes) is 1. The molecular weight excluding hydrogens is 334 g/mol. The van der Waals surface area contributed by atoms with Gasteiger partial charge in [0, 0.05) is 12.1 Å². The van der Waals surface area contributed by atoms with Crippen LogP contribution in [0.5, 0.6) is 0 Å². The van der Waals surface area contributed by atoms with Crippen LogP contribution in [0.3, 0.4) is 0 Å². The molecular formula is C20H29NO5. The Balaban J connectivity index is 2.29. The smallest absolute Gasteiger partial charge is 0.407 e. The summed E-state index contributed by atoms with van der Waals surface area (Å²) in [7, 11) is 0. The van der Waals surface area contributed by atoms with E-state index in [0.29, 0.717) is 5.56 Å². The monoisotopic (exact) mass is 363 g/mol. The van der Waals surface area contributed by atoms with Gasteiger partial charge < -0.3 is 14.8 Å². The summed E-state index contributed by atoms with van der Waals surface area (Å²) in [6.45, 7) is 7.18. The molecule has 0 saturated carbocycles. The maximum absolute atomic E-state index is 12.0. The van der Waals surface area contributed by atoms with Crippen molar-refractivity contribution < 1.29 is 23.9 Å². The lowest BCUT2D eigenvalue weighted by Gasteiger charge is -2.19. The first-order valence-corrected chi connectivity index (χ1v) is 8.96. The number of benzene rings is 1. The number of carbonyl (C=O) groups excluding carboxylic acids is 3. The van der Waals surface area contributed by atoms with E-state index >= 15 is 0 Å². The van der Waals surface area contributed by atoms with Gasteiger partial charge in [0.1, 0.15) is 5.60 Å². The predicted octanol–water partition coefficient (Wildman–Crippen LogP) is 3.67. The molecule has 1 rings (SSSR count). The van der Waals surface area contributed by atoms with Crippen molar-refractivity contribution in [3.63, 3.8) is 0 Å². The van der Waals surface area contributed by atoms with E-state index in [1.54, 1.807) is 32.9 Å². The van der Waals surface area contributed by atoms with Gasteiger partial charge in [-0.25, -0.2) is 4.79 Å². The molecule has 1 amide bonds. The van der Waals surface area contributed by atoms with Crippen molar-refractivity contribution in [1.82, 2.24) is 5.32 Å². The number of hydrogen-bond acceptors (Lipinski definition) is 5. The Labute approximate surface area is 155 Å². The second kappa shape index (κ2) is 10.6. The molecule has 6 heteroatoms. The highest BCUT2D eigenvalue weighted by molar-refractivity contribution is 5.97. The van der Waals surface area contributed by atoms with E-state index in [4.69, 9.17) is 9.47 Å². The fraction of sp³-hybridized carbons (Fsp3) is 0.550. The molecule has 144 valence electrons. The normalized spacial score (nSPS) is 10.9. The summed E-state index contributed by atoms with van der Waals surface area (Å²) >= 11 is 0.